The SMILES string of the molecule is CC1CC1NC(=O)c1cn[nH]c1N. The fourth-order valence-corrected chi connectivity index (χ4v) is 1.25. The zero-order chi connectivity index (χ0) is 9.42. The maximum absolute atomic E-state index is 11.5. The maximum Gasteiger partial charge on any atom is 0.256 e. The molecule has 1 aliphatic carbocycles. The summed E-state index contributed by atoms with van der Waals surface area (Å²) in [5.41, 5.74) is 5.92. The highest BCUT2D eigenvalue weighted by atomic mass is 16.1. The summed E-state index contributed by atoms with van der Waals surface area (Å²) < 4.78 is 0. The molecular weight excluding hydrogens is 168 g/mol. The molecule has 0 aromatic carbocycles. The smallest absolute Gasteiger partial charge is 0.256 e. The van der Waals surface area contributed by atoms with Crippen molar-refractivity contribution in [3.05, 3.63) is 11.8 Å². The number of nitrogens with one attached hydrogen (secondary N) is 2. The third-order valence-electron chi connectivity index (χ3n) is 2.34. The van der Waals surface area contributed by atoms with E-state index in [1.807, 2.05) is 0 Å². The first-order valence-electron chi connectivity index (χ1n) is 4.28. The Kier molecular flexibility index (Phi) is 1.72. The topological polar surface area (TPSA) is 83.8 Å². The molecular formula is C8H12N4O. The van der Waals surface area contributed by atoms with Crippen LogP contribution in [0.2, 0.25) is 0 Å². The molecule has 5 nitrogen and oxygen atoms in total. The van der Waals surface area contributed by atoms with Gasteiger partial charge in [0.15, 0.2) is 0 Å². The minimum atomic E-state index is -0.138. The van der Waals surface area contributed by atoms with E-state index in [0.717, 1.165) is 6.42 Å². The molecule has 0 bridgehead atoms. The van der Waals surface area contributed by atoms with Gasteiger partial charge in [-0.15, -0.1) is 0 Å². The van der Waals surface area contributed by atoms with E-state index in [9.17, 15) is 4.79 Å². The third kappa shape index (κ3) is 1.49. The lowest BCUT2D eigenvalue weighted by molar-refractivity contribution is 0.0950. The first kappa shape index (κ1) is 8.10. The largest absolute Gasteiger partial charge is 0.383 e. The van der Waals surface area contributed by atoms with E-state index >= 15 is 0 Å². The first-order valence-corrected chi connectivity index (χ1v) is 4.28. The van der Waals surface area contributed by atoms with Crippen LogP contribution in [0.3, 0.4) is 0 Å². The number of carbonyl (C=O) groups is 1. The summed E-state index contributed by atoms with van der Waals surface area (Å²) in [6.45, 7) is 2.10. The van der Waals surface area contributed by atoms with Gasteiger partial charge in [-0.1, -0.05) is 6.92 Å². The monoisotopic (exact) mass is 180 g/mol. The predicted octanol–water partition coefficient (Wildman–Crippen LogP) is 0.130. The number of anilines is 1. The van der Waals surface area contributed by atoms with Crippen LogP contribution >= 0.6 is 0 Å². The molecule has 0 spiro atoms. The van der Waals surface area contributed by atoms with E-state index in [2.05, 4.69) is 22.4 Å². The number of nitrogens with two attached hydrogens (primary N) is 1. The summed E-state index contributed by atoms with van der Waals surface area (Å²) in [4.78, 5) is 11.5. The molecule has 1 aromatic heterocycles. The van der Waals surface area contributed by atoms with Crippen molar-refractivity contribution < 1.29 is 4.79 Å². The van der Waals surface area contributed by atoms with Gasteiger partial charge in [-0.2, -0.15) is 5.10 Å². The molecule has 0 radical (unpaired) electrons. The number of aromatic nitrogens is 2. The Bertz CT molecular complexity index is 333. The number of nitrogen functional groups attached to an aromatic ring is 1. The van der Waals surface area contributed by atoms with Crippen molar-refractivity contribution in [1.29, 1.82) is 0 Å². The number of amides is 1. The number of aromatic amines is 1. The Balaban J connectivity index is 2.01. The molecule has 1 saturated carbocycles. The highest BCUT2D eigenvalue weighted by molar-refractivity contribution is 5.98. The second-order valence-electron chi connectivity index (χ2n) is 3.49. The van der Waals surface area contributed by atoms with Crippen LogP contribution in [-0.4, -0.2) is 22.1 Å². The van der Waals surface area contributed by atoms with Crippen molar-refractivity contribution in [3.63, 3.8) is 0 Å². The number of nitrogens with zero attached hydrogens (tertiary/aromatic N) is 1. The molecule has 5 heteroatoms. The number of H-pyrrole nitrogens is 1. The van der Waals surface area contributed by atoms with Gasteiger partial charge in [0.2, 0.25) is 0 Å². The number of hydrogen-bond donors (Lipinski definition) is 3. The highest BCUT2D eigenvalue weighted by Gasteiger charge is 2.34. The lowest BCUT2D eigenvalue weighted by Crippen LogP contribution is -2.26. The van der Waals surface area contributed by atoms with Gasteiger partial charge in [0.05, 0.1) is 6.20 Å². The molecule has 2 atom stereocenters. The summed E-state index contributed by atoms with van der Waals surface area (Å²) in [6.07, 6.45) is 2.50. The summed E-state index contributed by atoms with van der Waals surface area (Å²) in [5.74, 6) is 0.781. The van der Waals surface area contributed by atoms with Crippen LogP contribution in [0.5, 0.6) is 0 Å². The van der Waals surface area contributed by atoms with Gasteiger partial charge in [0.1, 0.15) is 11.4 Å². The lowest BCUT2D eigenvalue weighted by atomic mass is 10.3. The van der Waals surface area contributed by atoms with E-state index in [4.69, 9.17) is 5.73 Å². The number of carbonyl (C=O) groups excluding carboxylic acids is 1. The Morgan fingerprint density at radius 3 is 3.00 bits per heavy atom. The number of hydrogen-bond acceptors (Lipinski definition) is 3. The van der Waals surface area contributed by atoms with Gasteiger partial charge in [0, 0.05) is 6.04 Å². The molecule has 1 aliphatic rings. The minimum absolute atomic E-state index is 0.138. The minimum Gasteiger partial charge on any atom is -0.383 e. The standard InChI is InChI=1S/C8H12N4O/c1-4-2-6(4)11-8(13)5-3-10-12-7(5)9/h3-4,6H,2H2,1H3,(H,11,13)(H3,9,10,12). The van der Waals surface area contributed by atoms with Crippen LogP contribution in [0.15, 0.2) is 6.20 Å². The van der Waals surface area contributed by atoms with Crippen LogP contribution in [-0.2, 0) is 0 Å². The molecule has 2 unspecified atom stereocenters. The Labute approximate surface area is 75.7 Å². The van der Waals surface area contributed by atoms with Crippen LogP contribution in [0.1, 0.15) is 23.7 Å². The molecule has 70 valence electrons. The van der Waals surface area contributed by atoms with Crippen LogP contribution in [0.4, 0.5) is 5.82 Å². The fourth-order valence-electron chi connectivity index (χ4n) is 1.25. The fraction of sp³-hybridized carbons (Fsp3) is 0.500. The lowest BCUT2D eigenvalue weighted by Gasteiger charge is -2.01. The molecule has 4 N–H and O–H groups in total. The second kappa shape index (κ2) is 2.76. The molecule has 1 fully saturated rings. The molecule has 2 rings (SSSR count). The van der Waals surface area contributed by atoms with Gasteiger partial charge in [0.25, 0.3) is 5.91 Å². The number of rotatable bonds is 2. The van der Waals surface area contributed by atoms with E-state index in [1.54, 1.807) is 0 Å². The zero-order valence-corrected chi connectivity index (χ0v) is 7.37. The molecule has 1 aromatic rings. The van der Waals surface area contributed by atoms with Crippen molar-refractivity contribution in [2.75, 3.05) is 5.73 Å². The van der Waals surface area contributed by atoms with Crippen LogP contribution in [0.25, 0.3) is 0 Å². The summed E-state index contributed by atoms with van der Waals surface area (Å²) in [7, 11) is 0. The average Bonchev–Trinajstić information content (AvgIpc) is 2.62. The quantitative estimate of drug-likeness (QED) is 0.604. The molecule has 0 aliphatic heterocycles. The van der Waals surface area contributed by atoms with Crippen molar-refractivity contribution >= 4 is 11.7 Å². The van der Waals surface area contributed by atoms with Crippen molar-refractivity contribution in [3.8, 4) is 0 Å². The first-order chi connectivity index (χ1) is 6.18. The third-order valence-corrected chi connectivity index (χ3v) is 2.34. The van der Waals surface area contributed by atoms with E-state index in [1.165, 1.54) is 6.20 Å². The van der Waals surface area contributed by atoms with E-state index < -0.39 is 0 Å². The van der Waals surface area contributed by atoms with Gasteiger partial charge in [-0.25, -0.2) is 0 Å². The Morgan fingerprint density at radius 1 is 1.85 bits per heavy atom. The Morgan fingerprint density at radius 2 is 2.54 bits per heavy atom. The van der Waals surface area contributed by atoms with Crippen LogP contribution in [0, 0.1) is 5.92 Å². The van der Waals surface area contributed by atoms with Gasteiger partial charge >= 0.3 is 0 Å². The summed E-state index contributed by atoms with van der Waals surface area (Å²) >= 11 is 0. The predicted molar refractivity (Wildman–Crippen MR) is 48.0 cm³/mol. The molecule has 0 saturated heterocycles. The van der Waals surface area contributed by atoms with E-state index in [0.29, 0.717) is 23.3 Å². The maximum atomic E-state index is 11.5. The summed E-state index contributed by atoms with van der Waals surface area (Å²) in [6, 6.07) is 0.321. The van der Waals surface area contributed by atoms with Gasteiger partial charge in [-0.3, -0.25) is 9.89 Å². The van der Waals surface area contributed by atoms with Crippen molar-refractivity contribution in [2.45, 2.75) is 19.4 Å². The van der Waals surface area contributed by atoms with E-state index in [-0.39, 0.29) is 5.91 Å². The van der Waals surface area contributed by atoms with Gasteiger partial charge in [-0.05, 0) is 12.3 Å². The van der Waals surface area contributed by atoms with Crippen molar-refractivity contribution in [2.24, 2.45) is 5.92 Å². The molecule has 13 heavy (non-hydrogen) atoms. The normalized spacial score (nSPS) is 25.6. The zero-order valence-electron chi connectivity index (χ0n) is 7.37. The highest BCUT2D eigenvalue weighted by Crippen LogP contribution is 2.29. The second-order valence-corrected chi connectivity index (χ2v) is 3.49. The summed E-state index contributed by atoms with van der Waals surface area (Å²) in [5, 5.41) is 9.07. The van der Waals surface area contributed by atoms with Crippen molar-refractivity contribution in [1.82, 2.24) is 15.5 Å². The van der Waals surface area contributed by atoms with Crippen LogP contribution < -0.4 is 11.1 Å². The Hall–Kier alpha value is -1.52. The molecule has 1 heterocycles. The average molecular weight is 180 g/mol. The molecule has 1 amide bonds. The van der Waals surface area contributed by atoms with Gasteiger partial charge < -0.3 is 11.1 Å².